The molecule has 212 valence electrons. The summed E-state index contributed by atoms with van der Waals surface area (Å²) in [6, 6.07) is 6.82. The molecule has 2 aliphatic heterocycles. The SMILES string of the molecule is CN(C)c1ccc(C(=O)Nc2n[nH]c3c2CN(S(=O)(=O)c2cc(F)cc(F)c2)CC3)c(NC(=O)[C@H]2CCCN2)c1. The molecule has 3 aromatic rings. The fraction of sp³-hybridized carbons (Fsp3) is 0.346. The van der Waals surface area contributed by atoms with E-state index in [0.29, 0.717) is 29.4 Å². The number of amides is 2. The number of nitrogens with zero attached hydrogens (tertiary/aromatic N) is 3. The molecule has 0 unspecified atom stereocenters. The van der Waals surface area contributed by atoms with Crippen LogP contribution in [-0.4, -0.2) is 68.0 Å². The number of aromatic amines is 1. The molecule has 4 N–H and O–H groups in total. The molecular weight excluding hydrogens is 544 g/mol. The van der Waals surface area contributed by atoms with Crippen LogP contribution in [0, 0.1) is 11.6 Å². The summed E-state index contributed by atoms with van der Waals surface area (Å²) in [7, 11) is -0.544. The lowest BCUT2D eigenvalue weighted by molar-refractivity contribution is -0.117. The molecule has 0 aliphatic carbocycles. The number of anilines is 3. The number of benzene rings is 2. The van der Waals surface area contributed by atoms with Crippen LogP contribution in [-0.2, 0) is 27.8 Å². The largest absolute Gasteiger partial charge is 0.378 e. The molecular formula is C26H29F2N7O4S. The molecule has 2 aliphatic rings. The minimum atomic E-state index is -4.23. The Morgan fingerprint density at radius 3 is 2.52 bits per heavy atom. The number of carbonyl (C=O) groups is 2. The Balaban J connectivity index is 1.39. The van der Waals surface area contributed by atoms with Gasteiger partial charge in [0.1, 0.15) is 11.6 Å². The van der Waals surface area contributed by atoms with Crippen molar-refractivity contribution in [2.24, 2.45) is 0 Å². The molecule has 0 spiro atoms. The third kappa shape index (κ3) is 5.55. The van der Waals surface area contributed by atoms with Gasteiger partial charge < -0.3 is 20.9 Å². The van der Waals surface area contributed by atoms with Gasteiger partial charge in [0, 0.05) is 56.6 Å². The number of hydrogen-bond acceptors (Lipinski definition) is 7. The van der Waals surface area contributed by atoms with Gasteiger partial charge in [-0.1, -0.05) is 0 Å². The van der Waals surface area contributed by atoms with Crippen molar-refractivity contribution in [1.29, 1.82) is 0 Å². The number of fused-ring (bicyclic) bond motifs is 1. The van der Waals surface area contributed by atoms with Gasteiger partial charge in [-0.2, -0.15) is 9.40 Å². The summed E-state index contributed by atoms with van der Waals surface area (Å²) >= 11 is 0. The molecule has 1 aromatic heterocycles. The summed E-state index contributed by atoms with van der Waals surface area (Å²) < 4.78 is 54.8. The molecule has 2 aromatic carbocycles. The van der Waals surface area contributed by atoms with E-state index < -0.39 is 32.5 Å². The number of nitrogens with one attached hydrogen (secondary N) is 4. The number of aromatic nitrogens is 2. The lowest BCUT2D eigenvalue weighted by atomic mass is 10.1. The first-order valence-electron chi connectivity index (χ1n) is 12.7. The topological polar surface area (TPSA) is 140 Å². The van der Waals surface area contributed by atoms with Gasteiger partial charge in [0.15, 0.2) is 5.82 Å². The predicted molar refractivity (Wildman–Crippen MR) is 145 cm³/mol. The van der Waals surface area contributed by atoms with Gasteiger partial charge in [-0.15, -0.1) is 0 Å². The number of hydrogen-bond donors (Lipinski definition) is 4. The van der Waals surface area contributed by atoms with Crippen molar-refractivity contribution < 1.29 is 26.8 Å². The Kier molecular flexibility index (Phi) is 7.57. The zero-order valence-electron chi connectivity index (χ0n) is 21.9. The fourth-order valence-electron chi connectivity index (χ4n) is 4.82. The molecule has 2 amide bonds. The second kappa shape index (κ2) is 10.9. The van der Waals surface area contributed by atoms with Gasteiger partial charge in [-0.05, 0) is 49.7 Å². The van der Waals surface area contributed by atoms with Crippen LogP contribution in [0.25, 0.3) is 0 Å². The van der Waals surface area contributed by atoms with E-state index in [0.717, 1.165) is 35.1 Å². The van der Waals surface area contributed by atoms with Crippen molar-refractivity contribution in [3.63, 3.8) is 0 Å². The van der Waals surface area contributed by atoms with Crippen LogP contribution in [0.5, 0.6) is 0 Å². The standard InChI is InChI=1S/C26H29F2N7O4S/c1-34(2)17-5-6-19(23(13-17)30-26(37)22-4-3-8-29-22)25(36)31-24-20-14-35(9-7-21(20)32-33-24)40(38,39)18-11-15(27)10-16(28)12-18/h5-6,10-13,22,29H,3-4,7-9,14H2,1-2H3,(H,30,37)(H2,31,32,33,36)/t22-/m1/s1. The summed E-state index contributed by atoms with van der Waals surface area (Å²) in [5.41, 5.74) is 2.37. The highest BCUT2D eigenvalue weighted by molar-refractivity contribution is 7.89. The summed E-state index contributed by atoms with van der Waals surface area (Å²) in [5, 5.41) is 15.7. The first kappa shape index (κ1) is 27.7. The molecule has 1 atom stereocenters. The van der Waals surface area contributed by atoms with Crippen molar-refractivity contribution in [2.45, 2.75) is 36.7 Å². The van der Waals surface area contributed by atoms with Gasteiger partial charge in [-0.25, -0.2) is 17.2 Å². The van der Waals surface area contributed by atoms with E-state index in [1.165, 1.54) is 0 Å². The summed E-state index contributed by atoms with van der Waals surface area (Å²) in [4.78, 5) is 27.6. The van der Waals surface area contributed by atoms with E-state index >= 15 is 0 Å². The molecule has 0 bridgehead atoms. The van der Waals surface area contributed by atoms with E-state index in [1.54, 1.807) is 18.2 Å². The van der Waals surface area contributed by atoms with E-state index in [4.69, 9.17) is 0 Å². The maximum absolute atomic E-state index is 13.7. The van der Waals surface area contributed by atoms with Crippen LogP contribution in [0.2, 0.25) is 0 Å². The quantitative estimate of drug-likeness (QED) is 0.341. The van der Waals surface area contributed by atoms with Crippen molar-refractivity contribution >= 4 is 39.0 Å². The van der Waals surface area contributed by atoms with Crippen LogP contribution < -0.4 is 20.9 Å². The van der Waals surface area contributed by atoms with E-state index in [9.17, 15) is 26.8 Å². The lowest BCUT2D eigenvalue weighted by Gasteiger charge is -2.26. The number of sulfonamides is 1. The molecule has 11 nitrogen and oxygen atoms in total. The molecule has 0 radical (unpaired) electrons. The number of carbonyl (C=O) groups excluding carboxylic acids is 2. The summed E-state index contributed by atoms with van der Waals surface area (Å²) in [6.07, 6.45) is 1.83. The second-order valence-corrected chi connectivity index (χ2v) is 11.9. The van der Waals surface area contributed by atoms with Crippen LogP contribution in [0.4, 0.5) is 26.0 Å². The molecule has 3 heterocycles. The average Bonchev–Trinajstić information content (AvgIpc) is 3.58. The number of rotatable bonds is 7. The third-order valence-electron chi connectivity index (χ3n) is 7.00. The normalized spacial score (nSPS) is 17.4. The van der Waals surface area contributed by atoms with E-state index in [2.05, 4.69) is 26.1 Å². The van der Waals surface area contributed by atoms with Crippen LogP contribution in [0.15, 0.2) is 41.3 Å². The second-order valence-electron chi connectivity index (χ2n) is 9.94. The Morgan fingerprint density at radius 1 is 1.10 bits per heavy atom. The highest BCUT2D eigenvalue weighted by Gasteiger charge is 2.32. The van der Waals surface area contributed by atoms with Crippen LogP contribution >= 0.6 is 0 Å². The monoisotopic (exact) mass is 573 g/mol. The Hall–Kier alpha value is -3.88. The highest BCUT2D eigenvalue weighted by Crippen LogP contribution is 2.30. The average molecular weight is 574 g/mol. The zero-order chi connectivity index (χ0) is 28.6. The Morgan fingerprint density at radius 2 is 1.85 bits per heavy atom. The van der Waals surface area contributed by atoms with Crippen molar-refractivity contribution in [3.8, 4) is 0 Å². The van der Waals surface area contributed by atoms with Gasteiger partial charge in [0.05, 0.1) is 22.2 Å². The van der Waals surface area contributed by atoms with Gasteiger partial charge in [0.25, 0.3) is 5.91 Å². The third-order valence-corrected chi connectivity index (χ3v) is 8.83. The summed E-state index contributed by atoms with van der Waals surface area (Å²) in [6.45, 7) is 0.632. The van der Waals surface area contributed by atoms with Gasteiger partial charge in [0.2, 0.25) is 15.9 Å². The summed E-state index contributed by atoms with van der Waals surface area (Å²) in [5.74, 6) is -2.67. The number of halogens is 2. The smallest absolute Gasteiger partial charge is 0.258 e. The van der Waals surface area contributed by atoms with Crippen molar-refractivity contribution in [1.82, 2.24) is 19.8 Å². The lowest BCUT2D eigenvalue weighted by Crippen LogP contribution is -2.36. The van der Waals surface area contributed by atoms with Gasteiger partial charge >= 0.3 is 0 Å². The molecule has 1 fully saturated rings. The zero-order valence-corrected chi connectivity index (χ0v) is 22.7. The van der Waals surface area contributed by atoms with E-state index in [1.807, 2.05) is 19.0 Å². The van der Waals surface area contributed by atoms with E-state index in [-0.39, 0.29) is 42.8 Å². The molecule has 1 saturated heterocycles. The first-order chi connectivity index (χ1) is 19.0. The van der Waals surface area contributed by atoms with Crippen molar-refractivity contribution in [3.05, 3.63) is 64.9 Å². The molecule has 5 rings (SSSR count). The molecule has 0 saturated carbocycles. The molecule has 40 heavy (non-hydrogen) atoms. The maximum atomic E-state index is 13.7. The van der Waals surface area contributed by atoms with Crippen LogP contribution in [0.3, 0.4) is 0 Å². The highest BCUT2D eigenvalue weighted by atomic mass is 32.2. The minimum Gasteiger partial charge on any atom is -0.378 e. The minimum absolute atomic E-state index is 0.0560. The Labute approximate surface area is 230 Å². The maximum Gasteiger partial charge on any atom is 0.258 e. The molecule has 14 heteroatoms. The van der Waals surface area contributed by atoms with Gasteiger partial charge in [-0.3, -0.25) is 14.7 Å². The van der Waals surface area contributed by atoms with Crippen molar-refractivity contribution in [2.75, 3.05) is 42.7 Å². The number of H-pyrrole nitrogens is 1. The fourth-order valence-corrected chi connectivity index (χ4v) is 6.27. The predicted octanol–water partition coefficient (Wildman–Crippen LogP) is 2.44. The van der Waals surface area contributed by atoms with Crippen LogP contribution in [0.1, 0.15) is 34.5 Å². The first-order valence-corrected chi connectivity index (χ1v) is 14.2. The Bertz CT molecular complexity index is 1550.